The molecule has 0 heterocycles. The monoisotopic (exact) mass is 222 g/mol. The average Bonchev–Trinajstić information content (AvgIpc) is 2.26. The Morgan fingerprint density at radius 1 is 1.56 bits per heavy atom. The summed E-state index contributed by atoms with van der Waals surface area (Å²) in [4.78, 5) is 0. The maximum atomic E-state index is 9.76. The Labute approximate surface area is 100 Å². The summed E-state index contributed by atoms with van der Waals surface area (Å²) < 4.78 is 0. The molecule has 0 aromatic heterocycles. The highest BCUT2D eigenvalue weighted by molar-refractivity contribution is 5.12. The summed E-state index contributed by atoms with van der Waals surface area (Å²) in [7, 11) is 0. The van der Waals surface area contributed by atoms with Crippen molar-refractivity contribution in [3.05, 3.63) is 23.8 Å². The number of hydrogen-bond donors (Lipinski definition) is 1. The Kier molecular flexibility index (Phi) is 5.27. The Hall–Kier alpha value is -0.560. The molecule has 0 aromatic rings. The first-order valence-corrected chi connectivity index (χ1v) is 6.52. The Morgan fingerprint density at radius 3 is 2.69 bits per heavy atom. The summed E-state index contributed by atoms with van der Waals surface area (Å²) in [5, 5.41) is 9.76. The molecular formula is C15H26O. The van der Waals surface area contributed by atoms with E-state index < -0.39 is 0 Å². The van der Waals surface area contributed by atoms with Gasteiger partial charge in [-0.05, 0) is 50.9 Å². The van der Waals surface area contributed by atoms with E-state index in [9.17, 15) is 5.11 Å². The quantitative estimate of drug-likeness (QED) is 0.695. The zero-order valence-electron chi connectivity index (χ0n) is 11.0. The van der Waals surface area contributed by atoms with Gasteiger partial charge in [-0.2, -0.15) is 0 Å². The summed E-state index contributed by atoms with van der Waals surface area (Å²) in [6, 6.07) is 0. The van der Waals surface area contributed by atoms with Gasteiger partial charge < -0.3 is 5.11 Å². The van der Waals surface area contributed by atoms with Gasteiger partial charge in [0.1, 0.15) is 0 Å². The van der Waals surface area contributed by atoms with E-state index >= 15 is 0 Å². The number of rotatable bonds is 5. The third-order valence-electron chi connectivity index (χ3n) is 3.73. The Morgan fingerprint density at radius 2 is 2.25 bits per heavy atom. The van der Waals surface area contributed by atoms with Gasteiger partial charge in [0.25, 0.3) is 0 Å². The van der Waals surface area contributed by atoms with Crippen molar-refractivity contribution in [3.8, 4) is 0 Å². The lowest BCUT2D eigenvalue weighted by atomic mass is 9.83. The summed E-state index contributed by atoms with van der Waals surface area (Å²) >= 11 is 0. The number of hydrogen-bond acceptors (Lipinski definition) is 1. The molecule has 1 heteroatoms. The Balaban J connectivity index is 2.32. The second-order valence-corrected chi connectivity index (χ2v) is 5.53. The molecule has 0 fully saturated rings. The van der Waals surface area contributed by atoms with Gasteiger partial charge in [-0.1, -0.05) is 37.6 Å². The molecule has 92 valence electrons. The largest absolute Gasteiger partial charge is 0.393 e. The first kappa shape index (κ1) is 13.5. The molecule has 0 saturated heterocycles. The highest BCUT2D eigenvalue weighted by Gasteiger charge is 2.16. The topological polar surface area (TPSA) is 20.2 Å². The van der Waals surface area contributed by atoms with E-state index in [0.717, 1.165) is 19.3 Å². The molecule has 0 saturated carbocycles. The molecule has 2 atom stereocenters. The van der Waals surface area contributed by atoms with Crippen molar-refractivity contribution < 1.29 is 5.11 Å². The van der Waals surface area contributed by atoms with E-state index in [0.29, 0.717) is 11.8 Å². The van der Waals surface area contributed by atoms with Crippen molar-refractivity contribution in [2.45, 2.75) is 59.0 Å². The van der Waals surface area contributed by atoms with Crippen LogP contribution in [0.1, 0.15) is 52.9 Å². The first-order chi connectivity index (χ1) is 7.50. The predicted molar refractivity (Wildman–Crippen MR) is 70.3 cm³/mol. The zero-order chi connectivity index (χ0) is 12.1. The first-order valence-electron chi connectivity index (χ1n) is 6.52. The molecule has 0 amide bonds. The lowest BCUT2D eigenvalue weighted by Crippen LogP contribution is -2.15. The third kappa shape index (κ3) is 4.13. The molecule has 1 N–H and O–H groups in total. The van der Waals surface area contributed by atoms with Crippen LogP contribution in [0.2, 0.25) is 0 Å². The standard InChI is InChI=1S/C15H26O/c1-11(2)14-8-5-13(6-9-14)7-10-15(16)12(3)4/h5,12,14-16H,1,6-10H2,2-4H3/t14-,15?/m1/s1. The number of aliphatic hydroxyl groups is 1. The average molecular weight is 222 g/mol. The van der Waals surface area contributed by atoms with Crippen LogP contribution >= 0.6 is 0 Å². The van der Waals surface area contributed by atoms with E-state index in [1.165, 1.54) is 24.0 Å². The highest BCUT2D eigenvalue weighted by Crippen LogP contribution is 2.30. The van der Waals surface area contributed by atoms with Crippen LogP contribution in [0.4, 0.5) is 0 Å². The van der Waals surface area contributed by atoms with Gasteiger partial charge >= 0.3 is 0 Å². The van der Waals surface area contributed by atoms with Gasteiger partial charge in [0.2, 0.25) is 0 Å². The molecule has 1 aliphatic carbocycles. The molecule has 0 radical (unpaired) electrons. The smallest absolute Gasteiger partial charge is 0.0566 e. The molecule has 0 bridgehead atoms. The minimum absolute atomic E-state index is 0.139. The van der Waals surface area contributed by atoms with E-state index in [2.05, 4.69) is 33.4 Å². The predicted octanol–water partition coefficient (Wildman–Crippen LogP) is 4.09. The van der Waals surface area contributed by atoms with Gasteiger partial charge in [-0.25, -0.2) is 0 Å². The van der Waals surface area contributed by atoms with Gasteiger partial charge in [0.05, 0.1) is 6.10 Å². The van der Waals surface area contributed by atoms with Crippen LogP contribution in [0.25, 0.3) is 0 Å². The molecule has 0 aliphatic heterocycles. The van der Waals surface area contributed by atoms with E-state index in [-0.39, 0.29) is 6.10 Å². The third-order valence-corrected chi connectivity index (χ3v) is 3.73. The van der Waals surface area contributed by atoms with Crippen LogP contribution in [0.15, 0.2) is 23.8 Å². The molecule has 0 aromatic carbocycles. The lowest BCUT2D eigenvalue weighted by molar-refractivity contribution is 0.116. The van der Waals surface area contributed by atoms with Crippen LogP contribution in [0.5, 0.6) is 0 Å². The summed E-state index contributed by atoms with van der Waals surface area (Å²) in [5.74, 6) is 1.08. The number of allylic oxidation sites excluding steroid dienone is 3. The van der Waals surface area contributed by atoms with E-state index in [4.69, 9.17) is 0 Å². The second kappa shape index (κ2) is 6.24. The lowest BCUT2D eigenvalue weighted by Gasteiger charge is -2.23. The molecule has 16 heavy (non-hydrogen) atoms. The normalized spacial score (nSPS) is 23.1. The maximum Gasteiger partial charge on any atom is 0.0566 e. The number of aliphatic hydroxyl groups excluding tert-OH is 1. The van der Waals surface area contributed by atoms with Gasteiger partial charge in [0, 0.05) is 0 Å². The summed E-state index contributed by atoms with van der Waals surface area (Å²) in [6.07, 6.45) is 7.82. The van der Waals surface area contributed by atoms with Crippen LogP contribution < -0.4 is 0 Å². The zero-order valence-corrected chi connectivity index (χ0v) is 11.0. The fourth-order valence-corrected chi connectivity index (χ4v) is 2.23. The minimum atomic E-state index is -0.139. The van der Waals surface area contributed by atoms with Crippen molar-refractivity contribution in [1.82, 2.24) is 0 Å². The van der Waals surface area contributed by atoms with Gasteiger partial charge in [-0.15, -0.1) is 0 Å². The Bertz CT molecular complexity index is 263. The van der Waals surface area contributed by atoms with Crippen LogP contribution in [-0.4, -0.2) is 11.2 Å². The molecule has 1 aliphatic rings. The molecule has 0 spiro atoms. The van der Waals surface area contributed by atoms with E-state index in [1.807, 2.05) is 0 Å². The van der Waals surface area contributed by atoms with Gasteiger partial charge in [-0.3, -0.25) is 0 Å². The SMILES string of the molecule is C=C(C)[C@@H]1CC=C(CCC(O)C(C)C)CC1. The van der Waals surface area contributed by atoms with Crippen molar-refractivity contribution in [2.24, 2.45) is 11.8 Å². The molecule has 1 nitrogen and oxygen atoms in total. The molecule has 1 rings (SSSR count). The van der Waals surface area contributed by atoms with Crippen molar-refractivity contribution in [2.75, 3.05) is 0 Å². The van der Waals surface area contributed by atoms with Crippen molar-refractivity contribution >= 4 is 0 Å². The summed E-state index contributed by atoms with van der Waals surface area (Å²) in [5.41, 5.74) is 2.86. The maximum absolute atomic E-state index is 9.76. The highest BCUT2D eigenvalue weighted by atomic mass is 16.3. The summed E-state index contributed by atoms with van der Waals surface area (Å²) in [6.45, 7) is 10.3. The minimum Gasteiger partial charge on any atom is -0.393 e. The van der Waals surface area contributed by atoms with Crippen LogP contribution in [0.3, 0.4) is 0 Å². The van der Waals surface area contributed by atoms with Crippen molar-refractivity contribution in [3.63, 3.8) is 0 Å². The second-order valence-electron chi connectivity index (χ2n) is 5.53. The van der Waals surface area contributed by atoms with Gasteiger partial charge in [0.15, 0.2) is 0 Å². The van der Waals surface area contributed by atoms with Crippen LogP contribution in [0, 0.1) is 11.8 Å². The fourth-order valence-electron chi connectivity index (χ4n) is 2.23. The molecule has 1 unspecified atom stereocenters. The fraction of sp³-hybridized carbons (Fsp3) is 0.733. The molecular weight excluding hydrogens is 196 g/mol. The van der Waals surface area contributed by atoms with E-state index in [1.54, 1.807) is 0 Å². The van der Waals surface area contributed by atoms with Crippen LogP contribution in [-0.2, 0) is 0 Å². The van der Waals surface area contributed by atoms with Crippen molar-refractivity contribution in [1.29, 1.82) is 0 Å².